The van der Waals surface area contributed by atoms with Crippen LogP contribution in [0.15, 0.2) is 29.2 Å². The third-order valence-corrected chi connectivity index (χ3v) is 5.26. The first-order chi connectivity index (χ1) is 9.82. The van der Waals surface area contributed by atoms with E-state index in [2.05, 4.69) is 30.4 Å². The molecule has 4 nitrogen and oxygen atoms in total. The Kier molecular flexibility index (Phi) is 4.72. The fourth-order valence-corrected chi connectivity index (χ4v) is 4.02. The Morgan fingerprint density at radius 2 is 2.19 bits per heavy atom. The predicted molar refractivity (Wildman–Crippen MR) is 82.1 cm³/mol. The Morgan fingerprint density at radius 1 is 1.43 bits per heavy atom. The molecule has 2 rings (SSSR count). The van der Waals surface area contributed by atoms with E-state index in [4.69, 9.17) is 5.11 Å². The van der Waals surface area contributed by atoms with Crippen molar-refractivity contribution in [2.24, 2.45) is 5.41 Å². The standard InChI is InChI=1S/C16H21NO3S/c1-16(2)9-8-14(12-16)17-21(19,20)15-7-3-5-13(11-15)6-4-10-18/h3,5,7,11,14,17-18H,8-10,12H2,1-2H3. The van der Waals surface area contributed by atoms with Gasteiger partial charge in [0.05, 0.1) is 4.90 Å². The van der Waals surface area contributed by atoms with Crippen molar-refractivity contribution in [3.63, 3.8) is 0 Å². The van der Waals surface area contributed by atoms with Crippen molar-refractivity contribution >= 4 is 10.0 Å². The van der Waals surface area contributed by atoms with E-state index in [0.29, 0.717) is 5.56 Å². The summed E-state index contributed by atoms with van der Waals surface area (Å²) in [6.07, 6.45) is 2.76. The highest BCUT2D eigenvalue weighted by atomic mass is 32.2. The summed E-state index contributed by atoms with van der Waals surface area (Å²) in [4.78, 5) is 0.219. The molecular formula is C16H21NO3S. The highest BCUT2D eigenvalue weighted by Crippen LogP contribution is 2.37. The molecule has 0 spiro atoms. The molecule has 114 valence electrons. The second-order valence-corrected chi connectivity index (χ2v) is 7.93. The molecule has 1 saturated carbocycles. The van der Waals surface area contributed by atoms with Crippen LogP contribution in [0.4, 0.5) is 0 Å². The molecule has 0 heterocycles. The fraction of sp³-hybridized carbons (Fsp3) is 0.500. The quantitative estimate of drug-likeness (QED) is 0.838. The molecule has 1 aromatic carbocycles. The molecule has 0 saturated heterocycles. The minimum absolute atomic E-state index is 0.00261. The van der Waals surface area contributed by atoms with Gasteiger partial charge in [-0.15, -0.1) is 0 Å². The number of aliphatic hydroxyl groups excluding tert-OH is 1. The summed E-state index contributed by atoms with van der Waals surface area (Å²) in [5.41, 5.74) is 0.778. The Labute approximate surface area is 126 Å². The van der Waals surface area contributed by atoms with Gasteiger partial charge < -0.3 is 5.11 Å². The van der Waals surface area contributed by atoms with Crippen LogP contribution >= 0.6 is 0 Å². The SMILES string of the molecule is CC1(C)CCC(NS(=O)(=O)c2cccc(C#CCO)c2)C1. The molecule has 0 aromatic heterocycles. The van der Waals surface area contributed by atoms with Gasteiger partial charge in [-0.05, 0) is 42.9 Å². The molecule has 1 aliphatic carbocycles. The first-order valence-corrected chi connectivity index (χ1v) is 8.53. The maximum Gasteiger partial charge on any atom is 0.240 e. The number of rotatable bonds is 3. The van der Waals surface area contributed by atoms with Crippen molar-refractivity contribution in [1.29, 1.82) is 0 Å². The Hall–Kier alpha value is -1.35. The molecule has 1 aromatic rings. The van der Waals surface area contributed by atoms with Crippen molar-refractivity contribution in [2.45, 2.75) is 44.0 Å². The van der Waals surface area contributed by atoms with Gasteiger partial charge in [-0.3, -0.25) is 0 Å². The van der Waals surface area contributed by atoms with Crippen LogP contribution in [0, 0.1) is 17.3 Å². The molecule has 0 radical (unpaired) electrons. The minimum atomic E-state index is -3.52. The topological polar surface area (TPSA) is 66.4 Å². The number of hydrogen-bond donors (Lipinski definition) is 2. The third-order valence-electron chi connectivity index (χ3n) is 3.75. The van der Waals surface area contributed by atoms with Crippen LogP contribution in [0.1, 0.15) is 38.7 Å². The van der Waals surface area contributed by atoms with Crippen LogP contribution in [-0.4, -0.2) is 26.2 Å². The lowest BCUT2D eigenvalue weighted by atomic mass is 9.92. The van der Waals surface area contributed by atoms with Gasteiger partial charge in [0.2, 0.25) is 10.0 Å². The van der Waals surface area contributed by atoms with E-state index in [1.54, 1.807) is 18.2 Å². The molecule has 2 N–H and O–H groups in total. The summed E-state index contributed by atoms with van der Waals surface area (Å²) in [5, 5.41) is 8.69. The largest absolute Gasteiger partial charge is 0.384 e. The predicted octanol–water partition coefficient (Wildman–Crippen LogP) is 1.89. The zero-order valence-electron chi connectivity index (χ0n) is 12.4. The number of nitrogens with one attached hydrogen (secondary N) is 1. The lowest BCUT2D eigenvalue weighted by Crippen LogP contribution is -2.33. The summed E-state index contributed by atoms with van der Waals surface area (Å²) in [7, 11) is -3.52. The minimum Gasteiger partial charge on any atom is -0.384 e. The van der Waals surface area contributed by atoms with E-state index in [1.807, 2.05) is 0 Å². The summed E-state index contributed by atoms with van der Waals surface area (Å²) in [6, 6.07) is 6.48. The van der Waals surface area contributed by atoms with Crippen LogP contribution in [0.5, 0.6) is 0 Å². The molecule has 0 aliphatic heterocycles. The van der Waals surface area contributed by atoms with Crippen molar-refractivity contribution in [1.82, 2.24) is 4.72 Å². The summed E-state index contributed by atoms with van der Waals surface area (Å²) in [5.74, 6) is 5.24. The van der Waals surface area contributed by atoms with Crippen molar-refractivity contribution in [3.05, 3.63) is 29.8 Å². The summed E-state index contributed by atoms with van der Waals surface area (Å²) < 4.78 is 27.6. The van der Waals surface area contributed by atoms with Crippen LogP contribution in [0.25, 0.3) is 0 Å². The Balaban J connectivity index is 2.16. The fourth-order valence-electron chi connectivity index (χ4n) is 2.71. The summed E-state index contributed by atoms with van der Waals surface area (Å²) in [6.45, 7) is 4.07. The molecule has 1 atom stereocenters. The van der Waals surface area contributed by atoms with Gasteiger partial charge in [-0.1, -0.05) is 31.8 Å². The number of sulfonamides is 1. The molecule has 1 aliphatic rings. The van der Waals surface area contributed by atoms with Gasteiger partial charge in [0.15, 0.2) is 0 Å². The maximum absolute atomic E-state index is 12.4. The lowest BCUT2D eigenvalue weighted by molar-refractivity contribution is 0.350. The van der Waals surface area contributed by atoms with Gasteiger partial charge in [0, 0.05) is 11.6 Å². The van der Waals surface area contributed by atoms with E-state index in [-0.39, 0.29) is 23.0 Å². The van der Waals surface area contributed by atoms with E-state index >= 15 is 0 Å². The monoisotopic (exact) mass is 307 g/mol. The highest BCUT2D eigenvalue weighted by molar-refractivity contribution is 7.89. The zero-order valence-corrected chi connectivity index (χ0v) is 13.2. The second-order valence-electron chi connectivity index (χ2n) is 6.21. The van der Waals surface area contributed by atoms with Gasteiger partial charge >= 0.3 is 0 Å². The number of benzene rings is 1. The average Bonchev–Trinajstić information content (AvgIpc) is 2.75. The van der Waals surface area contributed by atoms with E-state index < -0.39 is 10.0 Å². The molecule has 1 fully saturated rings. The van der Waals surface area contributed by atoms with Crippen molar-refractivity contribution in [3.8, 4) is 11.8 Å². The van der Waals surface area contributed by atoms with Gasteiger partial charge in [0.1, 0.15) is 6.61 Å². The smallest absolute Gasteiger partial charge is 0.240 e. The van der Waals surface area contributed by atoms with Crippen LogP contribution in [0.3, 0.4) is 0 Å². The van der Waals surface area contributed by atoms with Gasteiger partial charge in [0.25, 0.3) is 0 Å². The first-order valence-electron chi connectivity index (χ1n) is 7.05. The normalized spacial score (nSPS) is 20.8. The maximum atomic E-state index is 12.4. The van der Waals surface area contributed by atoms with E-state index in [1.165, 1.54) is 6.07 Å². The molecule has 5 heteroatoms. The van der Waals surface area contributed by atoms with Crippen LogP contribution in [0.2, 0.25) is 0 Å². The lowest BCUT2D eigenvalue weighted by Gasteiger charge is -2.18. The van der Waals surface area contributed by atoms with Crippen molar-refractivity contribution < 1.29 is 13.5 Å². The molecule has 21 heavy (non-hydrogen) atoms. The number of aliphatic hydroxyl groups is 1. The van der Waals surface area contributed by atoms with E-state index in [0.717, 1.165) is 19.3 Å². The highest BCUT2D eigenvalue weighted by Gasteiger charge is 2.33. The first kappa shape index (κ1) is 16.0. The van der Waals surface area contributed by atoms with Crippen molar-refractivity contribution in [2.75, 3.05) is 6.61 Å². The Bertz CT molecular complexity index is 668. The van der Waals surface area contributed by atoms with E-state index in [9.17, 15) is 8.42 Å². The van der Waals surface area contributed by atoms with Gasteiger partial charge in [-0.2, -0.15) is 0 Å². The Morgan fingerprint density at radius 3 is 2.81 bits per heavy atom. The molecule has 1 unspecified atom stereocenters. The average molecular weight is 307 g/mol. The number of hydrogen-bond acceptors (Lipinski definition) is 3. The summed E-state index contributed by atoms with van der Waals surface area (Å²) >= 11 is 0. The van der Waals surface area contributed by atoms with Gasteiger partial charge in [-0.25, -0.2) is 13.1 Å². The van der Waals surface area contributed by atoms with Crippen LogP contribution in [-0.2, 0) is 10.0 Å². The third kappa shape index (κ3) is 4.31. The zero-order chi connectivity index (χ0) is 15.5. The molecule has 0 bridgehead atoms. The van der Waals surface area contributed by atoms with Crippen LogP contribution < -0.4 is 4.72 Å². The second kappa shape index (κ2) is 6.18. The molecule has 0 amide bonds. The molecular weight excluding hydrogens is 286 g/mol.